The molecule has 0 bridgehead atoms. The molecule has 0 radical (unpaired) electrons. The first kappa shape index (κ1) is 12.0. The van der Waals surface area contributed by atoms with E-state index in [1.54, 1.807) is 0 Å². The van der Waals surface area contributed by atoms with Gasteiger partial charge in [-0.3, -0.25) is 0 Å². The van der Waals surface area contributed by atoms with Crippen molar-refractivity contribution >= 4 is 11.8 Å². The maximum absolute atomic E-state index is 11.5. The van der Waals surface area contributed by atoms with Crippen molar-refractivity contribution < 1.29 is 9.53 Å². The first-order valence-electron chi connectivity index (χ1n) is 5.98. The normalized spacial score (nSPS) is 23.9. The third-order valence-electron chi connectivity index (χ3n) is 3.65. The van der Waals surface area contributed by atoms with E-state index in [0.717, 1.165) is 12.2 Å². The van der Waals surface area contributed by atoms with E-state index < -0.39 is 5.97 Å². The van der Waals surface area contributed by atoms with Crippen LogP contribution in [0.4, 0.5) is 5.82 Å². The number of nitrogen functional groups attached to an aromatic ring is 1. The van der Waals surface area contributed by atoms with Crippen molar-refractivity contribution in [2.75, 3.05) is 12.8 Å². The number of hydrogen-bond acceptors (Lipinski definition) is 4. The first-order valence-corrected chi connectivity index (χ1v) is 5.98. The smallest absolute Gasteiger partial charge is 0.360 e. The first-order chi connectivity index (χ1) is 8.06. The minimum atomic E-state index is -0.463. The van der Waals surface area contributed by atoms with Crippen molar-refractivity contribution in [3.63, 3.8) is 0 Å². The molecule has 94 valence electrons. The number of rotatable bonds is 2. The van der Waals surface area contributed by atoms with Crippen molar-refractivity contribution in [1.29, 1.82) is 0 Å². The fraction of sp³-hybridized carbons (Fsp3) is 0.667. The van der Waals surface area contributed by atoms with Crippen LogP contribution >= 0.6 is 0 Å². The summed E-state index contributed by atoms with van der Waals surface area (Å²) in [5.74, 6) is 1.35. The summed E-state index contributed by atoms with van der Waals surface area (Å²) in [6, 6.07) is 0.362. The largest absolute Gasteiger partial charge is 0.464 e. The van der Waals surface area contributed by atoms with Crippen molar-refractivity contribution in [2.45, 2.75) is 39.2 Å². The summed E-state index contributed by atoms with van der Waals surface area (Å²) in [7, 11) is 1.34. The van der Waals surface area contributed by atoms with Gasteiger partial charge in [0.2, 0.25) is 0 Å². The lowest BCUT2D eigenvalue weighted by Crippen LogP contribution is -2.16. The van der Waals surface area contributed by atoms with E-state index in [-0.39, 0.29) is 5.69 Å². The van der Waals surface area contributed by atoms with Gasteiger partial charge in [-0.15, -0.1) is 0 Å². The molecule has 0 amide bonds. The highest BCUT2D eigenvalue weighted by molar-refractivity contribution is 5.92. The predicted molar refractivity (Wildman–Crippen MR) is 64.8 cm³/mol. The molecule has 1 heterocycles. The Morgan fingerprint density at radius 1 is 1.53 bits per heavy atom. The molecule has 5 nitrogen and oxygen atoms in total. The summed E-state index contributed by atoms with van der Waals surface area (Å²) < 4.78 is 6.67. The molecule has 2 unspecified atom stereocenters. The Kier molecular flexibility index (Phi) is 3.09. The highest BCUT2D eigenvalue weighted by atomic mass is 16.5. The Bertz CT molecular complexity index is 439. The molecule has 1 aliphatic carbocycles. The minimum absolute atomic E-state index is 0.240. The van der Waals surface area contributed by atoms with Crippen LogP contribution in [0.5, 0.6) is 0 Å². The number of nitrogens with zero attached hydrogens (tertiary/aromatic N) is 2. The van der Waals surface area contributed by atoms with Crippen LogP contribution in [0.25, 0.3) is 0 Å². The van der Waals surface area contributed by atoms with Gasteiger partial charge in [-0.2, -0.15) is 0 Å². The Labute approximate surface area is 101 Å². The van der Waals surface area contributed by atoms with Crippen LogP contribution in [0.1, 0.15) is 48.5 Å². The summed E-state index contributed by atoms with van der Waals surface area (Å²) in [6.45, 7) is 4.10. The van der Waals surface area contributed by atoms with E-state index in [1.165, 1.54) is 20.0 Å². The fourth-order valence-electron chi connectivity index (χ4n) is 2.74. The zero-order valence-corrected chi connectivity index (χ0v) is 10.6. The summed E-state index contributed by atoms with van der Waals surface area (Å²) >= 11 is 0. The van der Waals surface area contributed by atoms with Crippen LogP contribution in [0, 0.1) is 12.8 Å². The number of carbonyl (C=O) groups is 1. The van der Waals surface area contributed by atoms with E-state index in [1.807, 2.05) is 11.5 Å². The quantitative estimate of drug-likeness (QED) is 0.798. The van der Waals surface area contributed by atoms with Gasteiger partial charge >= 0.3 is 5.97 Å². The van der Waals surface area contributed by atoms with Crippen molar-refractivity contribution in [3.8, 4) is 0 Å². The molecule has 2 atom stereocenters. The van der Waals surface area contributed by atoms with Gasteiger partial charge in [-0.1, -0.05) is 13.3 Å². The van der Waals surface area contributed by atoms with E-state index in [9.17, 15) is 4.79 Å². The monoisotopic (exact) mass is 237 g/mol. The Balaban J connectivity index is 2.41. The number of imidazole rings is 1. The Hall–Kier alpha value is -1.52. The van der Waals surface area contributed by atoms with Gasteiger partial charge < -0.3 is 15.0 Å². The number of hydrogen-bond donors (Lipinski definition) is 1. The van der Waals surface area contributed by atoms with Crippen molar-refractivity contribution in [2.24, 2.45) is 5.92 Å². The second-order valence-electron chi connectivity index (χ2n) is 4.73. The number of methoxy groups -OCH3 is 1. The molecule has 2 N–H and O–H groups in total. The lowest BCUT2D eigenvalue weighted by molar-refractivity contribution is 0.0595. The maximum atomic E-state index is 11.5. The minimum Gasteiger partial charge on any atom is -0.464 e. The number of aromatic nitrogens is 2. The van der Waals surface area contributed by atoms with Gasteiger partial charge in [0.1, 0.15) is 11.6 Å². The van der Waals surface area contributed by atoms with E-state index in [2.05, 4.69) is 16.6 Å². The predicted octanol–water partition coefficient (Wildman–Crippen LogP) is 1.92. The van der Waals surface area contributed by atoms with Crippen molar-refractivity contribution in [1.82, 2.24) is 9.55 Å². The third kappa shape index (κ3) is 1.90. The van der Waals surface area contributed by atoms with Gasteiger partial charge in [0.15, 0.2) is 5.69 Å². The van der Waals surface area contributed by atoms with E-state index in [4.69, 9.17) is 5.73 Å². The van der Waals surface area contributed by atoms with Crippen LogP contribution in [-0.4, -0.2) is 22.6 Å². The van der Waals surface area contributed by atoms with Crippen LogP contribution in [0.3, 0.4) is 0 Å². The number of esters is 1. The molecule has 0 aliphatic heterocycles. The summed E-state index contributed by atoms with van der Waals surface area (Å²) in [5, 5.41) is 0. The Morgan fingerprint density at radius 3 is 2.76 bits per heavy atom. The standard InChI is InChI=1S/C12H19N3O2/c1-7-5-4-6-9(7)15-8(2)14-10(11(15)13)12(16)17-3/h7,9H,4-6,13H2,1-3H3. The van der Waals surface area contributed by atoms with Crippen molar-refractivity contribution in [3.05, 3.63) is 11.5 Å². The Morgan fingerprint density at radius 2 is 2.24 bits per heavy atom. The number of ether oxygens (including phenoxy) is 1. The zero-order valence-electron chi connectivity index (χ0n) is 10.6. The van der Waals surface area contributed by atoms with Crippen LogP contribution in [0.15, 0.2) is 0 Å². The highest BCUT2D eigenvalue weighted by Gasteiger charge is 2.30. The van der Waals surface area contributed by atoms with Gasteiger partial charge in [0.25, 0.3) is 0 Å². The summed E-state index contributed by atoms with van der Waals surface area (Å²) in [4.78, 5) is 15.7. The maximum Gasteiger partial charge on any atom is 0.360 e. The molecule has 17 heavy (non-hydrogen) atoms. The number of anilines is 1. The number of aryl methyl sites for hydroxylation is 1. The van der Waals surface area contributed by atoms with E-state index in [0.29, 0.717) is 17.8 Å². The molecule has 1 saturated carbocycles. The lowest BCUT2D eigenvalue weighted by atomic mass is 10.1. The molecule has 0 spiro atoms. The molecule has 1 aliphatic rings. The molecule has 1 aromatic heterocycles. The molecule has 1 fully saturated rings. The van der Waals surface area contributed by atoms with Crippen LogP contribution < -0.4 is 5.73 Å². The van der Waals surface area contributed by atoms with E-state index >= 15 is 0 Å². The average molecular weight is 237 g/mol. The van der Waals surface area contributed by atoms with Gasteiger partial charge in [0.05, 0.1) is 7.11 Å². The molecule has 5 heteroatoms. The molecular weight excluding hydrogens is 218 g/mol. The second kappa shape index (κ2) is 4.39. The highest BCUT2D eigenvalue weighted by Crippen LogP contribution is 2.38. The molecule has 2 rings (SSSR count). The molecular formula is C12H19N3O2. The summed E-state index contributed by atoms with van der Waals surface area (Å²) in [6.07, 6.45) is 3.51. The molecule has 1 aromatic rings. The molecule has 0 saturated heterocycles. The number of nitrogens with two attached hydrogens (primary N) is 1. The lowest BCUT2D eigenvalue weighted by Gasteiger charge is -2.20. The van der Waals surface area contributed by atoms with Gasteiger partial charge in [0, 0.05) is 6.04 Å². The average Bonchev–Trinajstić information content (AvgIpc) is 2.82. The molecule has 0 aromatic carbocycles. The summed E-state index contributed by atoms with van der Waals surface area (Å²) in [5.41, 5.74) is 6.26. The fourth-order valence-corrected chi connectivity index (χ4v) is 2.74. The SMILES string of the molecule is COC(=O)c1nc(C)n(C2CCCC2C)c1N. The zero-order chi connectivity index (χ0) is 12.6. The number of carbonyl (C=O) groups excluding carboxylic acids is 1. The van der Waals surface area contributed by atoms with Crippen LogP contribution in [-0.2, 0) is 4.74 Å². The third-order valence-corrected chi connectivity index (χ3v) is 3.65. The van der Waals surface area contributed by atoms with Gasteiger partial charge in [-0.05, 0) is 25.7 Å². The topological polar surface area (TPSA) is 70.1 Å². The van der Waals surface area contributed by atoms with Crippen LogP contribution in [0.2, 0.25) is 0 Å². The second-order valence-corrected chi connectivity index (χ2v) is 4.73. The van der Waals surface area contributed by atoms with Gasteiger partial charge in [-0.25, -0.2) is 9.78 Å².